The van der Waals surface area contributed by atoms with Crippen LogP contribution in [0.1, 0.15) is 28.3 Å². The second-order valence-corrected chi connectivity index (χ2v) is 4.90. The van der Waals surface area contributed by atoms with Crippen molar-refractivity contribution in [2.45, 2.75) is 19.8 Å². The number of aromatic amines is 1. The van der Waals surface area contributed by atoms with E-state index in [4.69, 9.17) is 10.5 Å². The Balaban J connectivity index is 2.22. The quantitative estimate of drug-likeness (QED) is 0.828. The molecule has 1 aromatic heterocycles. The van der Waals surface area contributed by atoms with E-state index in [9.17, 15) is 5.26 Å². The third kappa shape index (κ3) is 1.74. The van der Waals surface area contributed by atoms with E-state index in [-0.39, 0.29) is 11.8 Å². The van der Waals surface area contributed by atoms with Gasteiger partial charge in [0.05, 0.1) is 5.92 Å². The molecule has 20 heavy (non-hydrogen) atoms. The zero-order valence-corrected chi connectivity index (χ0v) is 11.3. The predicted octanol–water partition coefficient (Wildman–Crippen LogP) is 2.24. The number of H-pyrrole nitrogens is 1. The maximum absolute atomic E-state index is 9.40. The van der Waals surface area contributed by atoms with E-state index in [1.165, 1.54) is 5.56 Å². The lowest BCUT2D eigenvalue weighted by atomic mass is 9.84. The third-order valence-corrected chi connectivity index (χ3v) is 3.54. The minimum atomic E-state index is -0.233. The Morgan fingerprint density at radius 3 is 2.65 bits per heavy atom. The Morgan fingerprint density at radius 1 is 1.30 bits per heavy atom. The Bertz CT molecular complexity index is 734. The third-order valence-electron chi connectivity index (χ3n) is 3.54. The van der Waals surface area contributed by atoms with Gasteiger partial charge in [-0.2, -0.15) is 5.26 Å². The number of aryl methyl sites for hydroxylation is 2. The molecular formula is C15H14N4O. The second-order valence-electron chi connectivity index (χ2n) is 4.90. The van der Waals surface area contributed by atoms with Crippen molar-refractivity contribution in [2.75, 3.05) is 0 Å². The molecule has 2 aromatic rings. The fourth-order valence-corrected chi connectivity index (χ4v) is 2.49. The van der Waals surface area contributed by atoms with Crippen LogP contribution in [0.2, 0.25) is 0 Å². The lowest BCUT2D eigenvalue weighted by Gasteiger charge is -2.23. The molecule has 3 rings (SSSR count). The molecule has 100 valence electrons. The summed E-state index contributed by atoms with van der Waals surface area (Å²) in [5.74, 6) is 0.338. The van der Waals surface area contributed by atoms with Crippen LogP contribution in [-0.4, -0.2) is 10.2 Å². The first-order chi connectivity index (χ1) is 9.61. The molecule has 1 aromatic carbocycles. The van der Waals surface area contributed by atoms with Gasteiger partial charge in [-0.15, -0.1) is 5.10 Å². The molecule has 0 spiro atoms. The Labute approximate surface area is 116 Å². The average molecular weight is 266 g/mol. The van der Waals surface area contributed by atoms with E-state index in [2.05, 4.69) is 16.3 Å². The number of rotatable bonds is 1. The van der Waals surface area contributed by atoms with Crippen molar-refractivity contribution >= 4 is 0 Å². The van der Waals surface area contributed by atoms with E-state index in [0.717, 1.165) is 16.8 Å². The normalized spacial score (nSPS) is 17.4. The average Bonchev–Trinajstić information content (AvgIpc) is 2.79. The van der Waals surface area contributed by atoms with Gasteiger partial charge in [0.1, 0.15) is 11.6 Å². The van der Waals surface area contributed by atoms with Gasteiger partial charge in [0.15, 0.2) is 0 Å². The van der Waals surface area contributed by atoms with Gasteiger partial charge in [-0.05, 0) is 19.4 Å². The van der Waals surface area contributed by atoms with Crippen molar-refractivity contribution in [2.24, 2.45) is 5.73 Å². The Morgan fingerprint density at radius 2 is 2.00 bits per heavy atom. The number of hydrogen-bond acceptors (Lipinski definition) is 4. The molecule has 3 N–H and O–H groups in total. The molecule has 1 aliphatic heterocycles. The summed E-state index contributed by atoms with van der Waals surface area (Å²) in [4.78, 5) is 0. The monoisotopic (exact) mass is 266 g/mol. The number of fused-ring (bicyclic) bond motifs is 1. The SMILES string of the molecule is Cc1ccc([C@@H]2C(C#N)=C(N)Oc3n[nH]c(C)c32)cc1. The first kappa shape index (κ1) is 12.3. The van der Waals surface area contributed by atoms with Crippen LogP contribution in [0.3, 0.4) is 0 Å². The fourth-order valence-electron chi connectivity index (χ4n) is 2.49. The van der Waals surface area contributed by atoms with Gasteiger partial charge in [0, 0.05) is 11.3 Å². The number of nitrogens with zero attached hydrogens (tertiary/aromatic N) is 2. The van der Waals surface area contributed by atoms with E-state index >= 15 is 0 Å². The van der Waals surface area contributed by atoms with Gasteiger partial charge in [-0.1, -0.05) is 29.8 Å². The summed E-state index contributed by atoms with van der Waals surface area (Å²) in [5, 5.41) is 16.4. The number of benzene rings is 1. The summed E-state index contributed by atoms with van der Waals surface area (Å²) in [7, 11) is 0. The molecule has 2 heterocycles. The summed E-state index contributed by atoms with van der Waals surface area (Å²) < 4.78 is 5.42. The van der Waals surface area contributed by atoms with E-state index in [1.54, 1.807) is 0 Å². The number of nitrogens with two attached hydrogens (primary N) is 1. The molecule has 0 aliphatic carbocycles. The first-order valence-corrected chi connectivity index (χ1v) is 6.31. The van der Waals surface area contributed by atoms with Crippen molar-refractivity contribution < 1.29 is 4.74 Å². The molecule has 5 heteroatoms. The van der Waals surface area contributed by atoms with Crippen molar-refractivity contribution in [1.82, 2.24) is 10.2 Å². The second kappa shape index (κ2) is 4.42. The summed E-state index contributed by atoms with van der Waals surface area (Å²) in [6.07, 6.45) is 0. The number of nitrogens with one attached hydrogen (secondary N) is 1. The Hall–Kier alpha value is -2.74. The number of ether oxygens (including phenoxy) is 1. The van der Waals surface area contributed by atoms with Crippen LogP contribution in [0, 0.1) is 25.2 Å². The molecule has 0 saturated carbocycles. The van der Waals surface area contributed by atoms with E-state index in [1.807, 2.05) is 38.1 Å². The van der Waals surface area contributed by atoms with Crippen LogP contribution in [0.15, 0.2) is 35.7 Å². The molecular weight excluding hydrogens is 252 g/mol. The largest absolute Gasteiger partial charge is 0.420 e. The topological polar surface area (TPSA) is 87.7 Å². The highest BCUT2D eigenvalue weighted by Gasteiger charge is 2.33. The summed E-state index contributed by atoms with van der Waals surface area (Å²) >= 11 is 0. The molecule has 0 fully saturated rings. The Kier molecular flexibility index (Phi) is 2.72. The first-order valence-electron chi connectivity index (χ1n) is 6.31. The number of allylic oxidation sites excluding steroid dienone is 1. The van der Waals surface area contributed by atoms with Crippen LogP contribution < -0.4 is 10.5 Å². The standard InChI is InChI=1S/C15H14N4O/c1-8-3-5-10(6-4-8)13-11(7-16)14(17)20-15-12(13)9(2)18-19-15/h3-6,13H,17H2,1-2H3,(H,18,19)/t13-/m1/s1. The zero-order chi connectivity index (χ0) is 14.3. The van der Waals surface area contributed by atoms with Crippen molar-refractivity contribution in [3.8, 4) is 11.9 Å². The van der Waals surface area contributed by atoms with Crippen LogP contribution in [0.25, 0.3) is 0 Å². The van der Waals surface area contributed by atoms with Crippen molar-refractivity contribution in [3.63, 3.8) is 0 Å². The van der Waals surface area contributed by atoms with Crippen LogP contribution in [0.5, 0.6) is 5.88 Å². The summed E-state index contributed by atoms with van der Waals surface area (Å²) in [5.41, 5.74) is 10.2. The van der Waals surface area contributed by atoms with Crippen molar-refractivity contribution in [3.05, 3.63) is 58.1 Å². The molecule has 1 atom stereocenters. The maximum Gasteiger partial charge on any atom is 0.244 e. The van der Waals surface area contributed by atoms with Crippen molar-refractivity contribution in [1.29, 1.82) is 5.26 Å². The number of nitriles is 1. The smallest absolute Gasteiger partial charge is 0.244 e. The molecule has 0 radical (unpaired) electrons. The molecule has 0 bridgehead atoms. The highest BCUT2D eigenvalue weighted by Crippen LogP contribution is 2.42. The maximum atomic E-state index is 9.40. The predicted molar refractivity (Wildman–Crippen MR) is 73.8 cm³/mol. The summed E-state index contributed by atoms with van der Waals surface area (Å²) in [6.45, 7) is 3.94. The molecule has 5 nitrogen and oxygen atoms in total. The molecule has 0 unspecified atom stereocenters. The highest BCUT2D eigenvalue weighted by molar-refractivity contribution is 5.54. The lowest BCUT2D eigenvalue weighted by molar-refractivity contribution is 0.379. The molecule has 0 saturated heterocycles. The minimum absolute atomic E-state index is 0.122. The van der Waals surface area contributed by atoms with Gasteiger partial charge >= 0.3 is 0 Å². The highest BCUT2D eigenvalue weighted by atomic mass is 16.5. The van der Waals surface area contributed by atoms with Gasteiger partial charge in [-0.25, -0.2) is 0 Å². The number of hydrogen-bond donors (Lipinski definition) is 2. The molecule has 0 amide bonds. The van der Waals surface area contributed by atoms with Gasteiger partial charge in [-0.3, -0.25) is 5.10 Å². The van der Waals surface area contributed by atoms with Gasteiger partial charge in [0.25, 0.3) is 0 Å². The lowest BCUT2D eigenvalue weighted by Crippen LogP contribution is -2.21. The minimum Gasteiger partial charge on any atom is -0.420 e. The van der Waals surface area contributed by atoms with Crippen LogP contribution in [-0.2, 0) is 0 Å². The van der Waals surface area contributed by atoms with Gasteiger partial charge < -0.3 is 10.5 Å². The summed E-state index contributed by atoms with van der Waals surface area (Å²) in [6, 6.07) is 10.2. The zero-order valence-electron chi connectivity index (χ0n) is 11.3. The number of aromatic nitrogens is 2. The van der Waals surface area contributed by atoms with Gasteiger partial charge in [0.2, 0.25) is 11.8 Å². The van der Waals surface area contributed by atoms with E-state index in [0.29, 0.717) is 11.5 Å². The van der Waals surface area contributed by atoms with Crippen LogP contribution in [0.4, 0.5) is 0 Å². The molecule has 1 aliphatic rings. The van der Waals surface area contributed by atoms with Crippen LogP contribution >= 0.6 is 0 Å². The van der Waals surface area contributed by atoms with E-state index < -0.39 is 0 Å². The fraction of sp³-hybridized carbons (Fsp3) is 0.200.